The molecule has 7 atom stereocenters. The highest BCUT2D eigenvalue weighted by Gasteiger charge is 2.73. The number of alkyl halides is 1. The van der Waals surface area contributed by atoms with Gasteiger partial charge in [0.05, 0.1) is 17.5 Å². The normalized spacial score (nSPS) is 43.2. The zero-order valence-corrected chi connectivity index (χ0v) is 28.2. The first kappa shape index (κ1) is 28.8. The van der Waals surface area contributed by atoms with Gasteiger partial charge >= 0.3 is 0 Å². The van der Waals surface area contributed by atoms with Crippen molar-refractivity contribution in [3.8, 4) is 0 Å². The van der Waals surface area contributed by atoms with Crippen molar-refractivity contribution in [2.24, 2.45) is 22.7 Å². The van der Waals surface area contributed by atoms with Gasteiger partial charge in [-0.2, -0.15) is 0 Å². The lowest BCUT2D eigenvalue weighted by Gasteiger charge is -2.65. The summed E-state index contributed by atoms with van der Waals surface area (Å²) in [6.45, 7) is 27.1. The fourth-order valence-corrected chi connectivity index (χ4v) is 12.0. The smallest absolute Gasteiger partial charge is 0.242 e. The summed E-state index contributed by atoms with van der Waals surface area (Å²) in [5.74, 6) is 1.29. The lowest BCUT2D eigenvalue weighted by molar-refractivity contribution is -0.215. The molecule has 3 saturated carbocycles. The third-order valence-corrected chi connectivity index (χ3v) is 12.7. The maximum absolute atomic E-state index is 18.4. The molecule has 0 spiro atoms. The largest absolute Gasteiger partial charge is 0.545 e. The number of halogens is 1. The van der Waals surface area contributed by atoms with Crippen molar-refractivity contribution >= 4 is 25.0 Å². The zero-order chi connectivity index (χ0) is 27.2. The second kappa shape index (κ2) is 8.64. The van der Waals surface area contributed by atoms with E-state index in [0.29, 0.717) is 12.3 Å². The summed E-state index contributed by atoms with van der Waals surface area (Å²) < 4.78 is 38.6. The van der Waals surface area contributed by atoms with Crippen LogP contribution in [0.5, 0.6) is 0 Å². The van der Waals surface area contributed by atoms with Crippen LogP contribution in [0.1, 0.15) is 59.3 Å². The predicted molar refractivity (Wildman–Crippen MR) is 156 cm³/mol. The molecule has 3 fully saturated rings. The molecule has 206 valence electrons. The Morgan fingerprint density at radius 1 is 0.861 bits per heavy atom. The van der Waals surface area contributed by atoms with Crippen LogP contribution in [0.4, 0.5) is 4.39 Å². The minimum atomic E-state index is -2.00. The van der Waals surface area contributed by atoms with Crippen molar-refractivity contribution in [1.82, 2.24) is 0 Å². The summed E-state index contributed by atoms with van der Waals surface area (Å²) in [6.07, 6.45) is 9.36. The van der Waals surface area contributed by atoms with Crippen molar-refractivity contribution < 1.29 is 17.7 Å². The summed E-state index contributed by atoms with van der Waals surface area (Å²) in [5.41, 5.74) is -0.984. The zero-order valence-electron chi connectivity index (χ0n) is 25.2. The Hall–Kier alpha value is -0.219. The van der Waals surface area contributed by atoms with Crippen molar-refractivity contribution in [3.63, 3.8) is 0 Å². The van der Waals surface area contributed by atoms with E-state index in [1.54, 1.807) is 0 Å². The maximum atomic E-state index is 18.4. The van der Waals surface area contributed by atoms with Gasteiger partial charge < -0.3 is 13.3 Å². The van der Waals surface area contributed by atoms with Gasteiger partial charge in [0, 0.05) is 16.7 Å². The molecular formula is C29H53FO3Si3. The summed E-state index contributed by atoms with van der Waals surface area (Å²) in [7, 11) is -5.50. The maximum Gasteiger partial charge on any atom is 0.242 e. The summed E-state index contributed by atoms with van der Waals surface area (Å²) >= 11 is 0. The molecule has 4 aliphatic rings. The van der Waals surface area contributed by atoms with Crippen LogP contribution >= 0.6 is 0 Å². The summed E-state index contributed by atoms with van der Waals surface area (Å²) in [5, 5.41) is 0. The average Bonchev–Trinajstić information content (AvgIpc) is 2.90. The Morgan fingerprint density at radius 3 is 2.06 bits per heavy atom. The van der Waals surface area contributed by atoms with E-state index >= 15 is 4.39 Å². The van der Waals surface area contributed by atoms with E-state index in [2.05, 4.69) is 91.8 Å². The lowest BCUT2D eigenvalue weighted by Crippen LogP contribution is -2.70. The van der Waals surface area contributed by atoms with E-state index in [0.717, 1.165) is 37.9 Å². The highest BCUT2D eigenvalue weighted by Crippen LogP contribution is 2.71. The second-order valence-corrected chi connectivity index (χ2v) is 29.2. The van der Waals surface area contributed by atoms with Crippen LogP contribution in [0.3, 0.4) is 0 Å². The van der Waals surface area contributed by atoms with Crippen LogP contribution < -0.4 is 0 Å². The Morgan fingerprint density at radius 2 is 1.50 bits per heavy atom. The summed E-state index contributed by atoms with van der Waals surface area (Å²) in [4.78, 5) is 0. The fraction of sp³-hybridized carbons (Fsp3) is 0.862. The first-order valence-corrected chi connectivity index (χ1v) is 24.5. The van der Waals surface area contributed by atoms with Gasteiger partial charge in [-0.15, -0.1) is 0 Å². The molecule has 36 heavy (non-hydrogen) atoms. The molecule has 4 unspecified atom stereocenters. The van der Waals surface area contributed by atoms with Gasteiger partial charge in [-0.1, -0.05) is 19.4 Å². The van der Waals surface area contributed by atoms with Gasteiger partial charge in [-0.05, 0) is 122 Å². The average molecular weight is 553 g/mol. The summed E-state index contributed by atoms with van der Waals surface area (Å²) in [6, 6.07) is 0. The SMILES string of the molecule is CC12C[C@H](O[Si](C)(C)C)[C@@]3(F)C(CCC4=CC(O[Si](C)(C)C)=CCC43C)C1CC[C@]2(C)O[Si](C)(C)C. The highest BCUT2D eigenvalue weighted by atomic mass is 28.4. The van der Waals surface area contributed by atoms with Crippen molar-refractivity contribution in [2.45, 2.75) is 136 Å². The molecule has 0 aliphatic heterocycles. The first-order chi connectivity index (χ1) is 16.1. The number of hydrogen-bond acceptors (Lipinski definition) is 3. The monoisotopic (exact) mass is 552 g/mol. The van der Waals surface area contributed by atoms with E-state index in [9.17, 15) is 0 Å². The van der Waals surface area contributed by atoms with Crippen LogP contribution in [0, 0.1) is 22.7 Å². The molecular weight excluding hydrogens is 500 g/mol. The number of hydrogen-bond donors (Lipinski definition) is 0. The lowest BCUT2D eigenvalue weighted by atomic mass is 9.44. The molecule has 0 N–H and O–H groups in total. The van der Waals surface area contributed by atoms with Crippen molar-refractivity contribution in [2.75, 3.05) is 0 Å². The second-order valence-electron chi connectivity index (χ2n) is 15.9. The molecule has 0 amide bonds. The Bertz CT molecular complexity index is 945. The van der Waals surface area contributed by atoms with E-state index < -0.39 is 42.1 Å². The molecule has 0 saturated heterocycles. The Kier molecular flexibility index (Phi) is 6.91. The van der Waals surface area contributed by atoms with Gasteiger partial charge in [-0.3, -0.25) is 0 Å². The van der Waals surface area contributed by atoms with Gasteiger partial charge in [0.2, 0.25) is 8.32 Å². The molecule has 0 radical (unpaired) electrons. The molecule has 4 rings (SSSR count). The number of fused-ring (bicyclic) bond motifs is 5. The van der Waals surface area contributed by atoms with E-state index in [1.165, 1.54) is 5.57 Å². The number of allylic oxidation sites excluding steroid dienone is 3. The Labute approximate surface area is 224 Å². The first-order valence-electron chi connectivity index (χ1n) is 14.3. The van der Waals surface area contributed by atoms with Gasteiger partial charge in [0.1, 0.15) is 5.67 Å². The van der Waals surface area contributed by atoms with Gasteiger partial charge in [0.25, 0.3) is 0 Å². The third kappa shape index (κ3) is 4.71. The predicted octanol–water partition coefficient (Wildman–Crippen LogP) is 8.83. The molecule has 7 heteroatoms. The molecule has 0 heterocycles. The van der Waals surface area contributed by atoms with Gasteiger partial charge in [0.15, 0.2) is 16.6 Å². The van der Waals surface area contributed by atoms with Crippen LogP contribution in [-0.2, 0) is 13.3 Å². The van der Waals surface area contributed by atoms with Crippen LogP contribution in [0.25, 0.3) is 0 Å². The van der Waals surface area contributed by atoms with E-state index in [-0.39, 0.29) is 16.9 Å². The van der Waals surface area contributed by atoms with Crippen LogP contribution in [0.15, 0.2) is 23.5 Å². The van der Waals surface area contributed by atoms with Crippen molar-refractivity contribution in [1.29, 1.82) is 0 Å². The molecule has 0 aromatic rings. The Balaban J connectivity index is 1.78. The van der Waals surface area contributed by atoms with Gasteiger partial charge in [-0.25, -0.2) is 4.39 Å². The molecule has 3 nitrogen and oxygen atoms in total. The van der Waals surface area contributed by atoms with E-state index in [1.807, 2.05) is 0 Å². The minimum absolute atomic E-state index is 0.000306. The quantitative estimate of drug-likeness (QED) is 0.308. The standard InChI is InChI=1S/C29H53FO3Si3/c1-26-17-15-22(31-34(4,5)6)19-21(26)13-14-24-23-16-18-28(3,33-36(10,11)12)27(23,2)20-25(29(24,26)30)32-35(7,8)9/h15,19,23-25H,13-14,16-18,20H2,1-12H3/t23?,24?,25-,26?,27?,28-,29-/m0/s1. The van der Waals surface area contributed by atoms with Crippen LogP contribution in [0.2, 0.25) is 58.9 Å². The number of rotatable bonds is 6. The molecule has 4 aliphatic carbocycles. The topological polar surface area (TPSA) is 27.7 Å². The van der Waals surface area contributed by atoms with Crippen molar-refractivity contribution in [3.05, 3.63) is 23.5 Å². The van der Waals surface area contributed by atoms with Crippen LogP contribution in [-0.4, -0.2) is 42.3 Å². The fourth-order valence-electron chi connectivity index (χ4n) is 8.39. The van der Waals surface area contributed by atoms with E-state index in [4.69, 9.17) is 13.3 Å². The molecule has 0 aromatic carbocycles. The highest BCUT2D eigenvalue weighted by molar-refractivity contribution is 6.70. The third-order valence-electron chi connectivity index (χ3n) is 9.82. The molecule has 0 bridgehead atoms. The molecule has 0 aromatic heterocycles. The minimum Gasteiger partial charge on any atom is -0.545 e.